The van der Waals surface area contributed by atoms with Crippen molar-refractivity contribution in [3.63, 3.8) is 0 Å². The van der Waals surface area contributed by atoms with Crippen molar-refractivity contribution in [1.29, 1.82) is 0 Å². The van der Waals surface area contributed by atoms with E-state index in [9.17, 15) is 9.59 Å². The lowest BCUT2D eigenvalue weighted by Crippen LogP contribution is -2.28. The molecule has 10 heteroatoms. The summed E-state index contributed by atoms with van der Waals surface area (Å²) in [5, 5.41) is 7.67. The highest BCUT2D eigenvalue weighted by Crippen LogP contribution is 2.29. The van der Waals surface area contributed by atoms with Crippen molar-refractivity contribution in [2.45, 2.75) is 23.4 Å². The average molecular weight is 452 g/mol. The zero-order chi connectivity index (χ0) is 22.7. The molecule has 2 aromatic carbocycles. The summed E-state index contributed by atoms with van der Waals surface area (Å²) in [6, 6.07) is 13.0. The van der Waals surface area contributed by atoms with Gasteiger partial charge in [0.2, 0.25) is 5.91 Å². The molecule has 0 bridgehead atoms. The number of carbonyl (C=O) groups is 1. The predicted octanol–water partition coefficient (Wildman–Crippen LogP) is 3.01. The van der Waals surface area contributed by atoms with E-state index < -0.39 is 11.6 Å². The van der Waals surface area contributed by atoms with E-state index in [4.69, 9.17) is 9.47 Å². The average Bonchev–Trinajstić information content (AvgIpc) is 3.10. The van der Waals surface area contributed by atoms with Gasteiger partial charge in [0.05, 0.1) is 19.9 Å². The minimum Gasteiger partial charge on any atom is -0.497 e. The van der Waals surface area contributed by atoms with E-state index in [0.29, 0.717) is 27.9 Å². The number of benzene rings is 2. The summed E-state index contributed by atoms with van der Waals surface area (Å²) < 4.78 is 13.0. The third-order valence-electron chi connectivity index (χ3n) is 4.65. The molecule has 0 radical (unpaired) electrons. The van der Waals surface area contributed by atoms with E-state index in [1.54, 1.807) is 24.4 Å². The topological polar surface area (TPSA) is 99.8 Å². The third-order valence-corrected chi connectivity index (χ3v) is 5.62. The standard InChI is InChI=1S/C22H21N5O4S/c1-14-5-4-6-16(11-14)32-21-20-25-27(22(29)26(20)10-9-23-21)13-19(28)24-17-12-15(30-2)7-8-18(17)31-3/h4-12H,13H2,1-3H3,(H,24,28). The van der Waals surface area contributed by atoms with Crippen LogP contribution in [0.25, 0.3) is 5.65 Å². The van der Waals surface area contributed by atoms with Gasteiger partial charge in [-0.2, -0.15) is 0 Å². The highest BCUT2D eigenvalue weighted by Gasteiger charge is 2.16. The largest absolute Gasteiger partial charge is 0.497 e. The molecule has 0 spiro atoms. The number of nitrogens with one attached hydrogen (secondary N) is 1. The fourth-order valence-electron chi connectivity index (χ4n) is 3.13. The van der Waals surface area contributed by atoms with Gasteiger partial charge in [-0.3, -0.25) is 4.79 Å². The highest BCUT2D eigenvalue weighted by molar-refractivity contribution is 7.99. The molecule has 4 rings (SSSR count). The molecule has 9 nitrogen and oxygen atoms in total. The monoisotopic (exact) mass is 451 g/mol. The second-order valence-corrected chi connectivity index (χ2v) is 7.96. The summed E-state index contributed by atoms with van der Waals surface area (Å²) >= 11 is 1.41. The zero-order valence-corrected chi connectivity index (χ0v) is 18.5. The molecule has 164 valence electrons. The van der Waals surface area contributed by atoms with Crippen LogP contribution < -0.4 is 20.5 Å². The van der Waals surface area contributed by atoms with Gasteiger partial charge < -0.3 is 14.8 Å². The number of nitrogens with zero attached hydrogens (tertiary/aromatic N) is 4. The maximum absolute atomic E-state index is 12.8. The summed E-state index contributed by atoms with van der Waals surface area (Å²) in [5.41, 5.74) is 1.51. The summed E-state index contributed by atoms with van der Waals surface area (Å²) in [6.07, 6.45) is 3.07. The zero-order valence-electron chi connectivity index (χ0n) is 17.7. The van der Waals surface area contributed by atoms with Crippen LogP contribution in [0.15, 0.2) is 69.6 Å². The quantitative estimate of drug-likeness (QED) is 0.461. The molecule has 1 amide bonds. The Balaban J connectivity index is 1.59. The molecule has 0 atom stereocenters. The Morgan fingerprint density at radius 3 is 2.75 bits per heavy atom. The van der Waals surface area contributed by atoms with Crippen molar-refractivity contribution in [2.75, 3.05) is 19.5 Å². The Hall–Kier alpha value is -3.79. The van der Waals surface area contributed by atoms with Gasteiger partial charge in [0, 0.05) is 23.4 Å². The molecule has 0 unspecified atom stereocenters. The molecule has 2 aromatic heterocycles. The Morgan fingerprint density at radius 2 is 2.00 bits per heavy atom. The van der Waals surface area contributed by atoms with Crippen LogP contribution in [0.4, 0.5) is 5.69 Å². The van der Waals surface area contributed by atoms with Crippen molar-refractivity contribution in [2.24, 2.45) is 0 Å². The number of ether oxygens (including phenoxy) is 2. The summed E-state index contributed by atoms with van der Waals surface area (Å²) in [5.74, 6) is 0.611. The number of methoxy groups -OCH3 is 2. The number of aromatic nitrogens is 4. The van der Waals surface area contributed by atoms with Crippen LogP contribution >= 0.6 is 11.8 Å². The number of carbonyl (C=O) groups excluding carboxylic acids is 1. The molecule has 4 aromatic rings. The minimum absolute atomic E-state index is 0.268. The number of aryl methyl sites for hydroxylation is 1. The van der Waals surface area contributed by atoms with Crippen LogP contribution in [-0.2, 0) is 11.3 Å². The van der Waals surface area contributed by atoms with Gasteiger partial charge in [-0.05, 0) is 31.2 Å². The predicted molar refractivity (Wildman–Crippen MR) is 121 cm³/mol. The number of hydrogen-bond acceptors (Lipinski definition) is 7. The first kappa shape index (κ1) is 21.4. The van der Waals surface area contributed by atoms with Gasteiger partial charge in [-0.25, -0.2) is 18.9 Å². The summed E-state index contributed by atoms with van der Waals surface area (Å²) in [7, 11) is 3.04. The maximum atomic E-state index is 12.8. The molecule has 0 aliphatic rings. The molecule has 1 N–H and O–H groups in total. The molecule has 0 saturated carbocycles. The maximum Gasteiger partial charge on any atom is 0.350 e. The van der Waals surface area contributed by atoms with Crippen molar-refractivity contribution in [3.8, 4) is 11.5 Å². The Labute approximate surface area is 188 Å². The van der Waals surface area contributed by atoms with Gasteiger partial charge in [-0.1, -0.05) is 29.5 Å². The van der Waals surface area contributed by atoms with E-state index in [1.165, 1.54) is 36.6 Å². The van der Waals surface area contributed by atoms with Gasteiger partial charge >= 0.3 is 5.69 Å². The lowest BCUT2D eigenvalue weighted by molar-refractivity contribution is -0.117. The van der Waals surface area contributed by atoms with Gasteiger partial charge in [0.15, 0.2) is 5.65 Å². The SMILES string of the molecule is COc1ccc(OC)c(NC(=O)Cn2nc3c(Sc4cccc(C)c4)nccn3c2=O)c1. The third kappa shape index (κ3) is 4.45. The first-order valence-corrected chi connectivity index (χ1v) is 10.5. The first-order valence-electron chi connectivity index (χ1n) is 9.69. The normalized spacial score (nSPS) is 10.8. The number of hydrogen-bond donors (Lipinski definition) is 1. The van der Waals surface area contributed by atoms with Crippen molar-refractivity contribution in [3.05, 3.63) is 70.9 Å². The smallest absolute Gasteiger partial charge is 0.350 e. The van der Waals surface area contributed by atoms with Crippen LogP contribution in [0.3, 0.4) is 0 Å². The van der Waals surface area contributed by atoms with Crippen LogP contribution in [0.1, 0.15) is 5.56 Å². The van der Waals surface area contributed by atoms with E-state index in [2.05, 4.69) is 15.4 Å². The fraction of sp³-hybridized carbons (Fsp3) is 0.182. The Morgan fingerprint density at radius 1 is 1.16 bits per heavy atom. The highest BCUT2D eigenvalue weighted by atomic mass is 32.2. The second-order valence-electron chi connectivity index (χ2n) is 6.90. The van der Waals surface area contributed by atoms with Crippen LogP contribution in [0, 0.1) is 6.92 Å². The second kappa shape index (κ2) is 9.15. The van der Waals surface area contributed by atoms with Crippen LogP contribution in [0.2, 0.25) is 0 Å². The lowest BCUT2D eigenvalue weighted by atomic mass is 10.2. The first-order chi connectivity index (χ1) is 15.5. The van der Waals surface area contributed by atoms with Gasteiger partial charge in [0.1, 0.15) is 23.1 Å². The van der Waals surface area contributed by atoms with E-state index in [0.717, 1.165) is 15.1 Å². The molecular weight excluding hydrogens is 430 g/mol. The summed E-state index contributed by atoms with van der Waals surface area (Å²) in [4.78, 5) is 30.8. The Kier molecular flexibility index (Phi) is 6.13. The van der Waals surface area contributed by atoms with Crippen LogP contribution in [0.5, 0.6) is 11.5 Å². The Bertz CT molecular complexity index is 1350. The van der Waals surface area contributed by atoms with E-state index in [-0.39, 0.29) is 6.54 Å². The number of amides is 1. The van der Waals surface area contributed by atoms with Crippen molar-refractivity contribution < 1.29 is 14.3 Å². The molecular formula is C22H21N5O4S. The molecule has 0 aliphatic carbocycles. The van der Waals surface area contributed by atoms with Gasteiger partial charge in [0.25, 0.3) is 0 Å². The number of fused-ring (bicyclic) bond motifs is 1. The van der Waals surface area contributed by atoms with E-state index >= 15 is 0 Å². The van der Waals surface area contributed by atoms with Gasteiger partial charge in [-0.15, -0.1) is 5.10 Å². The fourth-order valence-corrected chi connectivity index (χ4v) is 4.09. The number of anilines is 1. The molecule has 0 fully saturated rings. The molecule has 0 saturated heterocycles. The van der Waals surface area contributed by atoms with Crippen molar-refractivity contribution in [1.82, 2.24) is 19.2 Å². The number of rotatable bonds is 7. The lowest BCUT2D eigenvalue weighted by Gasteiger charge is -2.11. The van der Waals surface area contributed by atoms with Crippen LogP contribution in [-0.4, -0.2) is 39.3 Å². The molecule has 0 aliphatic heterocycles. The molecule has 2 heterocycles. The minimum atomic E-state index is -0.429. The van der Waals surface area contributed by atoms with E-state index in [1.807, 2.05) is 31.2 Å². The summed E-state index contributed by atoms with van der Waals surface area (Å²) in [6.45, 7) is 1.74. The molecule has 32 heavy (non-hydrogen) atoms. The van der Waals surface area contributed by atoms with Crippen molar-refractivity contribution >= 4 is 29.0 Å².